The Hall–Kier alpha value is -2.68. The second kappa shape index (κ2) is 6.44. The molecule has 0 fully saturated rings. The van der Waals surface area contributed by atoms with Gasteiger partial charge in [-0.1, -0.05) is 30.4 Å². The van der Waals surface area contributed by atoms with Crippen LogP contribution in [0.2, 0.25) is 0 Å². The van der Waals surface area contributed by atoms with E-state index in [1.54, 1.807) is 6.92 Å². The molecule has 0 radical (unpaired) electrons. The molecule has 0 aliphatic heterocycles. The van der Waals surface area contributed by atoms with Crippen LogP contribution in [0, 0.1) is 12.7 Å². The van der Waals surface area contributed by atoms with Crippen LogP contribution in [0.25, 0.3) is 5.69 Å². The number of benzene rings is 1. The molecule has 0 bridgehead atoms. The second-order valence-electron chi connectivity index (χ2n) is 5.47. The van der Waals surface area contributed by atoms with Gasteiger partial charge in [0.15, 0.2) is 5.69 Å². The van der Waals surface area contributed by atoms with Gasteiger partial charge in [-0.2, -0.15) is 0 Å². The zero-order chi connectivity index (χ0) is 17.3. The number of aromatic nitrogens is 5. The number of hydrogen-bond donors (Lipinski definition) is 1. The van der Waals surface area contributed by atoms with Gasteiger partial charge in [0, 0.05) is 5.92 Å². The molecule has 0 aliphatic rings. The van der Waals surface area contributed by atoms with Crippen molar-refractivity contribution in [2.24, 2.45) is 0 Å². The smallest absolute Gasteiger partial charge is 0.278 e. The topological polar surface area (TPSA) is 85.6 Å². The lowest BCUT2D eigenvalue weighted by atomic mass is 10.2. The first-order valence-corrected chi connectivity index (χ1v) is 8.10. The molecule has 3 aromatic rings. The van der Waals surface area contributed by atoms with E-state index in [1.165, 1.54) is 40.3 Å². The third-order valence-corrected chi connectivity index (χ3v) is 4.42. The van der Waals surface area contributed by atoms with E-state index in [2.05, 4.69) is 25.8 Å². The Morgan fingerprint density at radius 2 is 1.92 bits per heavy atom. The van der Waals surface area contributed by atoms with Crippen molar-refractivity contribution in [1.82, 2.24) is 25.2 Å². The molecule has 0 unspecified atom stereocenters. The lowest BCUT2D eigenvalue weighted by molar-refractivity contribution is 0.101. The van der Waals surface area contributed by atoms with Crippen LogP contribution in [0.1, 0.15) is 41.0 Å². The van der Waals surface area contributed by atoms with Crippen LogP contribution in [-0.4, -0.2) is 31.1 Å². The standard InChI is InChI=1S/C15H15FN6OS/c1-8(2)14-19-20-15(24-14)17-13(23)12-9(3)18-21-22(12)11-6-4-10(16)5-7-11/h4-8H,1-3H3,(H,17,20,23). The average molecular weight is 346 g/mol. The normalized spacial score (nSPS) is 11.0. The number of rotatable bonds is 4. The summed E-state index contributed by atoms with van der Waals surface area (Å²) in [4.78, 5) is 12.6. The summed E-state index contributed by atoms with van der Waals surface area (Å²) in [6, 6.07) is 5.66. The second-order valence-corrected chi connectivity index (χ2v) is 6.48. The van der Waals surface area contributed by atoms with Crippen molar-refractivity contribution in [1.29, 1.82) is 0 Å². The highest BCUT2D eigenvalue weighted by molar-refractivity contribution is 7.15. The fraction of sp³-hybridized carbons (Fsp3) is 0.267. The molecule has 0 spiro atoms. The quantitative estimate of drug-likeness (QED) is 0.785. The van der Waals surface area contributed by atoms with Crippen LogP contribution in [0.5, 0.6) is 0 Å². The first-order valence-electron chi connectivity index (χ1n) is 7.28. The largest absolute Gasteiger partial charge is 0.295 e. The predicted molar refractivity (Wildman–Crippen MR) is 88.0 cm³/mol. The molecule has 124 valence electrons. The van der Waals surface area contributed by atoms with E-state index in [9.17, 15) is 9.18 Å². The molecule has 1 amide bonds. The van der Waals surface area contributed by atoms with Gasteiger partial charge >= 0.3 is 0 Å². The number of carbonyl (C=O) groups is 1. The number of nitrogens with one attached hydrogen (secondary N) is 1. The number of nitrogens with zero attached hydrogens (tertiary/aromatic N) is 5. The van der Waals surface area contributed by atoms with Gasteiger partial charge in [-0.05, 0) is 31.2 Å². The summed E-state index contributed by atoms with van der Waals surface area (Å²) in [5.41, 5.74) is 1.27. The molecule has 0 saturated heterocycles. The number of anilines is 1. The summed E-state index contributed by atoms with van der Waals surface area (Å²) in [5, 5.41) is 19.9. The van der Waals surface area contributed by atoms with Crippen LogP contribution in [0.4, 0.5) is 9.52 Å². The number of amides is 1. The summed E-state index contributed by atoms with van der Waals surface area (Å²) in [5.74, 6) is -0.522. The molecule has 0 atom stereocenters. The molecule has 0 aliphatic carbocycles. The van der Waals surface area contributed by atoms with Crippen LogP contribution >= 0.6 is 11.3 Å². The summed E-state index contributed by atoms with van der Waals surface area (Å²) >= 11 is 1.32. The number of carbonyl (C=O) groups excluding carboxylic acids is 1. The van der Waals surface area contributed by atoms with E-state index >= 15 is 0 Å². The minimum atomic E-state index is -0.395. The fourth-order valence-corrected chi connectivity index (χ4v) is 2.80. The Kier molecular flexibility index (Phi) is 4.34. The maximum Gasteiger partial charge on any atom is 0.278 e. The number of aryl methyl sites for hydroxylation is 1. The van der Waals surface area contributed by atoms with E-state index in [1.807, 2.05) is 13.8 Å². The van der Waals surface area contributed by atoms with Gasteiger partial charge in [0.1, 0.15) is 10.8 Å². The highest BCUT2D eigenvalue weighted by Gasteiger charge is 2.20. The lowest BCUT2D eigenvalue weighted by Crippen LogP contribution is -2.18. The van der Waals surface area contributed by atoms with Crippen LogP contribution < -0.4 is 5.32 Å². The van der Waals surface area contributed by atoms with Crippen LogP contribution in [-0.2, 0) is 0 Å². The van der Waals surface area contributed by atoms with Gasteiger partial charge in [0.2, 0.25) is 5.13 Å². The van der Waals surface area contributed by atoms with Crippen LogP contribution in [0.15, 0.2) is 24.3 Å². The van der Waals surface area contributed by atoms with Gasteiger partial charge in [-0.3, -0.25) is 10.1 Å². The van der Waals surface area contributed by atoms with E-state index in [-0.39, 0.29) is 17.4 Å². The Labute approximate surface area is 141 Å². The molecule has 1 aromatic carbocycles. The van der Waals surface area contributed by atoms with Crippen molar-refractivity contribution in [3.63, 3.8) is 0 Å². The zero-order valence-corrected chi connectivity index (χ0v) is 14.1. The molecule has 7 nitrogen and oxygen atoms in total. The van der Waals surface area contributed by atoms with Crippen LogP contribution in [0.3, 0.4) is 0 Å². The summed E-state index contributed by atoms with van der Waals surface area (Å²) in [6.07, 6.45) is 0. The molecule has 1 N–H and O–H groups in total. The number of halogens is 1. The lowest BCUT2D eigenvalue weighted by Gasteiger charge is -2.06. The molecule has 9 heteroatoms. The van der Waals surface area contributed by atoms with Crippen molar-refractivity contribution >= 4 is 22.4 Å². The SMILES string of the molecule is Cc1nnn(-c2ccc(F)cc2)c1C(=O)Nc1nnc(C(C)C)s1. The summed E-state index contributed by atoms with van der Waals surface area (Å²) in [6.45, 7) is 5.69. The number of hydrogen-bond acceptors (Lipinski definition) is 6. The Balaban J connectivity index is 1.89. The van der Waals surface area contributed by atoms with Crippen molar-refractivity contribution in [3.05, 3.63) is 46.5 Å². The first kappa shape index (κ1) is 16.2. The molecule has 2 aromatic heterocycles. The highest BCUT2D eigenvalue weighted by Crippen LogP contribution is 2.23. The third-order valence-electron chi connectivity index (χ3n) is 3.28. The van der Waals surface area contributed by atoms with Gasteiger partial charge in [0.05, 0.1) is 11.4 Å². The minimum absolute atomic E-state index is 0.237. The highest BCUT2D eigenvalue weighted by atomic mass is 32.1. The van der Waals surface area contributed by atoms with Crippen molar-refractivity contribution in [2.75, 3.05) is 5.32 Å². The molecule has 24 heavy (non-hydrogen) atoms. The van der Waals surface area contributed by atoms with Gasteiger partial charge in [-0.25, -0.2) is 9.07 Å². The van der Waals surface area contributed by atoms with Crippen molar-refractivity contribution in [2.45, 2.75) is 26.7 Å². The van der Waals surface area contributed by atoms with E-state index in [0.29, 0.717) is 16.5 Å². The summed E-state index contributed by atoms with van der Waals surface area (Å²) in [7, 11) is 0. The van der Waals surface area contributed by atoms with Gasteiger partial charge in [0.25, 0.3) is 5.91 Å². The molecular weight excluding hydrogens is 331 g/mol. The Morgan fingerprint density at radius 1 is 1.21 bits per heavy atom. The van der Waals surface area contributed by atoms with Crippen molar-refractivity contribution < 1.29 is 9.18 Å². The Bertz CT molecular complexity index is 870. The van der Waals surface area contributed by atoms with E-state index in [0.717, 1.165) is 5.01 Å². The minimum Gasteiger partial charge on any atom is -0.295 e. The fourth-order valence-electron chi connectivity index (χ4n) is 2.06. The van der Waals surface area contributed by atoms with E-state index in [4.69, 9.17) is 0 Å². The third kappa shape index (κ3) is 3.16. The predicted octanol–water partition coefficient (Wildman–Crippen LogP) is 2.94. The van der Waals surface area contributed by atoms with Crippen molar-refractivity contribution in [3.8, 4) is 5.69 Å². The van der Waals surface area contributed by atoms with Gasteiger partial charge in [-0.15, -0.1) is 15.3 Å². The molecular formula is C15H15FN6OS. The zero-order valence-electron chi connectivity index (χ0n) is 13.3. The average Bonchev–Trinajstić information content (AvgIpc) is 3.15. The first-order chi connectivity index (χ1) is 11.5. The summed E-state index contributed by atoms with van der Waals surface area (Å²) < 4.78 is 14.5. The van der Waals surface area contributed by atoms with E-state index < -0.39 is 5.91 Å². The Morgan fingerprint density at radius 3 is 2.54 bits per heavy atom. The van der Waals surface area contributed by atoms with Gasteiger partial charge < -0.3 is 0 Å². The molecule has 0 saturated carbocycles. The maximum atomic E-state index is 13.1. The monoisotopic (exact) mass is 346 g/mol. The molecule has 2 heterocycles. The molecule has 3 rings (SSSR count). The maximum absolute atomic E-state index is 13.1.